The standard InChI is InChI=1S/C15H24N4O2/c1-17-15(21)12-3-4-14(13(16)11-12)19-6-2-5-18(7-8-19)9-10-20/h3-4,11,20H,2,5-10,16H2,1H3,(H,17,21). The average Bonchev–Trinajstić information content (AvgIpc) is 2.72. The fourth-order valence-electron chi connectivity index (χ4n) is 2.70. The summed E-state index contributed by atoms with van der Waals surface area (Å²) in [4.78, 5) is 16.1. The fraction of sp³-hybridized carbons (Fsp3) is 0.533. The summed E-state index contributed by atoms with van der Waals surface area (Å²) >= 11 is 0. The number of carbonyl (C=O) groups excluding carboxylic acids is 1. The van der Waals surface area contributed by atoms with E-state index in [2.05, 4.69) is 15.1 Å². The highest BCUT2D eigenvalue weighted by Crippen LogP contribution is 2.25. The maximum Gasteiger partial charge on any atom is 0.251 e. The molecule has 6 heteroatoms. The van der Waals surface area contributed by atoms with E-state index in [0.717, 1.165) is 44.8 Å². The van der Waals surface area contributed by atoms with Crippen LogP contribution in [0, 0.1) is 0 Å². The van der Waals surface area contributed by atoms with Crippen molar-refractivity contribution in [2.45, 2.75) is 6.42 Å². The number of β-amino-alcohol motifs (C(OH)–C–C–N with tert-alkyl or cyclic N) is 1. The number of hydrogen-bond donors (Lipinski definition) is 3. The monoisotopic (exact) mass is 292 g/mol. The van der Waals surface area contributed by atoms with Crippen molar-refractivity contribution in [3.63, 3.8) is 0 Å². The number of anilines is 2. The molecule has 0 atom stereocenters. The summed E-state index contributed by atoms with van der Waals surface area (Å²) in [6, 6.07) is 5.45. The minimum atomic E-state index is -0.127. The van der Waals surface area contributed by atoms with Gasteiger partial charge in [-0.2, -0.15) is 0 Å². The molecule has 0 spiro atoms. The molecule has 4 N–H and O–H groups in total. The molecule has 0 aliphatic carbocycles. The highest BCUT2D eigenvalue weighted by molar-refractivity contribution is 5.96. The Hall–Kier alpha value is -1.79. The van der Waals surface area contributed by atoms with Crippen LogP contribution in [0.5, 0.6) is 0 Å². The number of nitrogen functional groups attached to an aromatic ring is 1. The molecule has 116 valence electrons. The van der Waals surface area contributed by atoms with Gasteiger partial charge in [-0.1, -0.05) is 0 Å². The molecule has 0 radical (unpaired) electrons. The Morgan fingerprint density at radius 1 is 1.33 bits per heavy atom. The number of nitrogens with one attached hydrogen (secondary N) is 1. The maximum atomic E-state index is 11.6. The van der Waals surface area contributed by atoms with Crippen molar-refractivity contribution in [1.82, 2.24) is 10.2 Å². The zero-order chi connectivity index (χ0) is 15.2. The van der Waals surface area contributed by atoms with Gasteiger partial charge in [-0.3, -0.25) is 9.69 Å². The lowest BCUT2D eigenvalue weighted by molar-refractivity contribution is 0.0963. The normalized spacial score (nSPS) is 16.6. The van der Waals surface area contributed by atoms with Crippen LogP contribution in [0.4, 0.5) is 11.4 Å². The lowest BCUT2D eigenvalue weighted by Crippen LogP contribution is -2.32. The van der Waals surface area contributed by atoms with Crippen molar-refractivity contribution in [1.29, 1.82) is 0 Å². The Bertz CT molecular complexity index is 493. The van der Waals surface area contributed by atoms with Crippen LogP contribution in [-0.4, -0.2) is 62.3 Å². The van der Waals surface area contributed by atoms with Crippen molar-refractivity contribution in [2.75, 3.05) is 57.0 Å². The van der Waals surface area contributed by atoms with Crippen LogP contribution in [0.1, 0.15) is 16.8 Å². The van der Waals surface area contributed by atoms with Crippen LogP contribution in [-0.2, 0) is 0 Å². The summed E-state index contributed by atoms with van der Waals surface area (Å²) in [7, 11) is 1.61. The molecule has 1 aromatic carbocycles. The molecule has 0 bridgehead atoms. The highest BCUT2D eigenvalue weighted by atomic mass is 16.3. The third-order valence-electron chi connectivity index (χ3n) is 3.86. The first-order chi connectivity index (χ1) is 10.2. The van der Waals surface area contributed by atoms with E-state index in [1.807, 2.05) is 6.07 Å². The summed E-state index contributed by atoms with van der Waals surface area (Å²) in [5.74, 6) is -0.127. The Balaban J connectivity index is 2.09. The van der Waals surface area contributed by atoms with E-state index < -0.39 is 0 Å². The molecule has 6 nitrogen and oxygen atoms in total. The van der Waals surface area contributed by atoms with Crippen LogP contribution in [0.25, 0.3) is 0 Å². The van der Waals surface area contributed by atoms with Crippen molar-refractivity contribution in [3.8, 4) is 0 Å². The minimum absolute atomic E-state index is 0.127. The van der Waals surface area contributed by atoms with E-state index in [1.54, 1.807) is 19.2 Å². The molecule has 1 aliphatic rings. The number of amides is 1. The number of benzene rings is 1. The largest absolute Gasteiger partial charge is 0.397 e. The van der Waals surface area contributed by atoms with Gasteiger partial charge in [-0.25, -0.2) is 0 Å². The van der Waals surface area contributed by atoms with Gasteiger partial charge in [0, 0.05) is 38.8 Å². The van der Waals surface area contributed by atoms with E-state index in [1.165, 1.54) is 0 Å². The number of rotatable bonds is 4. The zero-order valence-electron chi connectivity index (χ0n) is 12.5. The fourth-order valence-corrected chi connectivity index (χ4v) is 2.70. The molecule has 2 rings (SSSR count). The minimum Gasteiger partial charge on any atom is -0.397 e. The average molecular weight is 292 g/mol. The second-order valence-corrected chi connectivity index (χ2v) is 5.26. The molecule has 1 heterocycles. The number of aliphatic hydroxyl groups is 1. The predicted molar refractivity (Wildman–Crippen MR) is 84.6 cm³/mol. The lowest BCUT2D eigenvalue weighted by Gasteiger charge is -2.25. The van der Waals surface area contributed by atoms with E-state index in [0.29, 0.717) is 11.3 Å². The van der Waals surface area contributed by atoms with Crippen LogP contribution < -0.4 is 16.0 Å². The van der Waals surface area contributed by atoms with E-state index in [9.17, 15) is 4.79 Å². The quantitative estimate of drug-likeness (QED) is 0.687. The second kappa shape index (κ2) is 7.28. The summed E-state index contributed by atoms with van der Waals surface area (Å²) in [6.45, 7) is 4.64. The summed E-state index contributed by atoms with van der Waals surface area (Å²) in [5.41, 5.74) is 8.30. The van der Waals surface area contributed by atoms with Gasteiger partial charge in [0.15, 0.2) is 0 Å². The van der Waals surface area contributed by atoms with Crippen molar-refractivity contribution in [3.05, 3.63) is 23.8 Å². The smallest absolute Gasteiger partial charge is 0.251 e. The molecule has 1 amide bonds. The topological polar surface area (TPSA) is 81.8 Å². The van der Waals surface area contributed by atoms with Gasteiger partial charge in [0.25, 0.3) is 5.91 Å². The Morgan fingerprint density at radius 3 is 2.81 bits per heavy atom. The highest BCUT2D eigenvalue weighted by Gasteiger charge is 2.17. The first kappa shape index (κ1) is 15.6. The van der Waals surface area contributed by atoms with Gasteiger partial charge in [-0.15, -0.1) is 0 Å². The SMILES string of the molecule is CNC(=O)c1ccc(N2CCCN(CCO)CC2)c(N)c1. The molecule has 0 saturated carbocycles. The molecule has 1 aliphatic heterocycles. The summed E-state index contributed by atoms with van der Waals surface area (Å²) in [6.07, 6.45) is 1.04. The van der Waals surface area contributed by atoms with Gasteiger partial charge in [0.1, 0.15) is 0 Å². The van der Waals surface area contributed by atoms with Crippen molar-refractivity contribution in [2.24, 2.45) is 0 Å². The number of aliphatic hydroxyl groups excluding tert-OH is 1. The van der Waals surface area contributed by atoms with Gasteiger partial charge in [0.2, 0.25) is 0 Å². The third kappa shape index (κ3) is 3.86. The molecule has 0 unspecified atom stereocenters. The molecular formula is C15H24N4O2. The van der Waals surface area contributed by atoms with Crippen LogP contribution >= 0.6 is 0 Å². The Morgan fingerprint density at radius 2 is 2.14 bits per heavy atom. The van der Waals surface area contributed by atoms with Crippen LogP contribution in [0.2, 0.25) is 0 Å². The molecular weight excluding hydrogens is 268 g/mol. The van der Waals surface area contributed by atoms with Gasteiger partial charge >= 0.3 is 0 Å². The summed E-state index contributed by atoms with van der Waals surface area (Å²) in [5, 5.41) is 11.6. The van der Waals surface area contributed by atoms with Crippen LogP contribution in [0.3, 0.4) is 0 Å². The number of nitrogens with two attached hydrogens (primary N) is 1. The number of nitrogens with zero attached hydrogens (tertiary/aromatic N) is 2. The molecule has 1 aromatic rings. The first-order valence-electron chi connectivity index (χ1n) is 7.35. The van der Waals surface area contributed by atoms with E-state index >= 15 is 0 Å². The molecule has 0 aromatic heterocycles. The molecule has 21 heavy (non-hydrogen) atoms. The number of hydrogen-bond acceptors (Lipinski definition) is 5. The zero-order valence-corrected chi connectivity index (χ0v) is 12.5. The third-order valence-corrected chi connectivity index (χ3v) is 3.86. The Labute approximate surface area is 125 Å². The van der Waals surface area contributed by atoms with Gasteiger partial charge in [-0.05, 0) is 31.2 Å². The first-order valence-corrected chi connectivity index (χ1v) is 7.35. The molecule has 1 saturated heterocycles. The van der Waals surface area contributed by atoms with Gasteiger partial charge in [0.05, 0.1) is 18.0 Å². The number of carbonyl (C=O) groups is 1. The Kier molecular flexibility index (Phi) is 5.41. The van der Waals surface area contributed by atoms with E-state index in [-0.39, 0.29) is 12.5 Å². The van der Waals surface area contributed by atoms with Crippen molar-refractivity contribution >= 4 is 17.3 Å². The lowest BCUT2D eigenvalue weighted by atomic mass is 10.1. The van der Waals surface area contributed by atoms with Crippen LogP contribution in [0.15, 0.2) is 18.2 Å². The van der Waals surface area contributed by atoms with Crippen molar-refractivity contribution < 1.29 is 9.90 Å². The predicted octanol–water partition coefficient (Wildman–Crippen LogP) is 0.133. The van der Waals surface area contributed by atoms with E-state index in [4.69, 9.17) is 10.8 Å². The summed E-state index contributed by atoms with van der Waals surface area (Å²) < 4.78 is 0. The molecule has 1 fully saturated rings. The maximum absolute atomic E-state index is 11.6. The van der Waals surface area contributed by atoms with Gasteiger partial charge < -0.3 is 21.1 Å². The second-order valence-electron chi connectivity index (χ2n) is 5.26.